The van der Waals surface area contributed by atoms with Crippen LogP contribution in [-0.2, 0) is 9.59 Å². The van der Waals surface area contributed by atoms with Crippen molar-refractivity contribution in [3.63, 3.8) is 0 Å². The molecular weight excluding hydrogens is 310 g/mol. The first-order valence-corrected chi connectivity index (χ1v) is 8.29. The smallest absolute Gasteiger partial charge is 0.228 e. The van der Waals surface area contributed by atoms with Crippen LogP contribution in [0.1, 0.15) is 25.7 Å². The lowest BCUT2D eigenvalue weighted by Gasteiger charge is -2.48. The standard InChI is InChI=1S/C18H23NO5/c1-23-13-8-7-12(9-14(13)24-2)19-17(20)15-10-3-5-11(6-4-10)16(15)18(21)22/h7-11,15-16H,3-6H2,1-2H3,(H,19,20)(H,21,22)/p-1/t10?,11?,15-,16+/m0/s1. The monoisotopic (exact) mass is 332 g/mol. The van der Waals surface area contributed by atoms with Gasteiger partial charge in [0.25, 0.3) is 0 Å². The minimum Gasteiger partial charge on any atom is -0.550 e. The number of amides is 1. The van der Waals surface area contributed by atoms with Gasteiger partial charge in [0.15, 0.2) is 11.5 Å². The van der Waals surface area contributed by atoms with Crippen LogP contribution in [0.25, 0.3) is 0 Å². The van der Waals surface area contributed by atoms with E-state index in [9.17, 15) is 14.7 Å². The number of carbonyl (C=O) groups excluding carboxylic acids is 2. The molecule has 130 valence electrons. The van der Waals surface area contributed by atoms with E-state index in [0.717, 1.165) is 25.7 Å². The number of fused-ring (bicyclic) bond motifs is 3. The summed E-state index contributed by atoms with van der Waals surface area (Å²) in [4.78, 5) is 24.3. The molecule has 0 aliphatic heterocycles. The normalized spacial score (nSPS) is 28.2. The number of carboxylic acids is 1. The third-order valence-corrected chi connectivity index (χ3v) is 5.45. The Morgan fingerprint density at radius 2 is 1.58 bits per heavy atom. The van der Waals surface area contributed by atoms with Crippen LogP contribution in [0.5, 0.6) is 11.5 Å². The first-order valence-electron chi connectivity index (χ1n) is 8.29. The summed E-state index contributed by atoms with van der Waals surface area (Å²) in [7, 11) is 3.06. The Kier molecular flexibility index (Phi) is 4.64. The van der Waals surface area contributed by atoms with Gasteiger partial charge in [-0.25, -0.2) is 0 Å². The number of hydrogen-bond acceptors (Lipinski definition) is 5. The summed E-state index contributed by atoms with van der Waals surface area (Å²) >= 11 is 0. The van der Waals surface area contributed by atoms with Crippen molar-refractivity contribution in [2.45, 2.75) is 25.7 Å². The van der Waals surface area contributed by atoms with Crippen LogP contribution >= 0.6 is 0 Å². The second-order valence-corrected chi connectivity index (χ2v) is 6.60. The van der Waals surface area contributed by atoms with Crippen LogP contribution < -0.4 is 19.9 Å². The van der Waals surface area contributed by atoms with Crippen molar-refractivity contribution in [1.82, 2.24) is 0 Å². The van der Waals surface area contributed by atoms with Gasteiger partial charge in [0.1, 0.15) is 0 Å². The highest BCUT2D eigenvalue weighted by Crippen LogP contribution is 2.49. The Labute approximate surface area is 141 Å². The van der Waals surface area contributed by atoms with Crippen LogP contribution in [0, 0.1) is 23.7 Å². The molecule has 3 fully saturated rings. The van der Waals surface area contributed by atoms with E-state index in [0.29, 0.717) is 17.2 Å². The summed E-state index contributed by atoms with van der Waals surface area (Å²) in [5, 5.41) is 14.4. The molecule has 24 heavy (non-hydrogen) atoms. The van der Waals surface area contributed by atoms with E-state index >= 15 is 0 Å². The largest absolute Gasteiger partial charge is 0.550 e. The van der Waals surface area contributed by atoms with Gasteiger partial charge in [0.05, 0.1) is 14.2 Å². The second-order valence-electron chi connectivity index (χ2n) is 6.60. The first-order chi connectivity index (χ1) is 11.5. The van der Waals surface area contributed by atoms with Gasteiger partial charge in [0, 0.05) is 29.6 Å². The van der Waals surface area contributed by atoms with Crippen LogP contribution in [-0.4, -0.2) is 26.1 Å². The van der Waals surface area contributed by atoms with Gasteiger partial charge in [-0.2, -0.15) is 0 Å². The molecule has 2 bridgehead atoms. The fourth-order valence-corrected chi connectivity index (χ4v) is 4.31. The Morgan fingerprint density at radius 3 is 2.12 bits per heavy atom. The third kappa shape index (κ3) is 2.92. The van der Waals surface area contributed by atoms with Gasteiger partial charge in [-0.05, 0) is 49.7 Å². The summed E-state index contributed by atoms with van der Waals surface area (Å²) in [6.45, 7) is 0. The van der Waals surface area contributed by atoms with E-state index < -0.39 is 17.8 Å². The van der Waals surface area contributed by atoms with Crippen LogP contribution in [0.4, 0.5) is 5.69 Å². The minimum atomic E-state index is -1.10. The maximum atomic E-state index is 12.8. The number of carbonyl (C=O) groups is 2. The molecule has 0 aromatic heterocycles. The predicted molar refractivity (Wildman–Crippen MR) is 85.6 cm³/mol. The highest BCUT2D eigenvalue weighted by atomic mass is 16.5. The molecule has 1 N–H and O–H groups in total. The molecular formula is C18H22NO5-. The number of aliphatic carboxylic acids is 1. The number of methoxy groups -OCH3 is 2. The van der Waals surface area contributed by atoms with Crippen molar-refractivity contribution >= 4 is 17.6 Å². The fourth-order valence-electron chi connectivity index (χ4n) is 4.31. The van der Waals surface area contributed by atoms with Crippen molar-refractivity contribution in [2.75, 3.05) is 19.5 Å². The summed E-state index contributed by atoms with van der Waals surface area (Å²) in [5.74, 6) is -1.29. The van der Waals surface area contributed by atoms with Gasteiger partial charge in [-0.15, -0.1) is 0 Å². The summed E-state index contributed by atoms with van der Waals surface area (Å²) in [6.07, 6.45) is 3.59. The number of hydrogen-bond donors (Lipinski definition) is 1. The van der Waals surface area contributed by atoms with Crippen LogP contribution in [0.3, 0.4) is 0 Å². The quantitative estimate of drug-likeness (QED) is 0.881. The zero-order chi connectivity index (χ0) is 17.3. The average molecular weight is 332 g/mol. The first kappa shape index (κ1) is 16.6. The van der Waals surface area contributed by atoms with E-state index in [1.54, 1.807) is 25.3 Å². The Morgan fingerprint density at radius 1 is 1.00 bits per heavy atom. The molecule has 0 unspecified atom stereocenters. The Bertz CT molecular complexity index is 636. The number of carboxylic acid groups (broad SMARTS) is 1. The molecule has 4 rings (SSSR count). The van der Waals surface area contributed by atoms with Crippen molar-refractivity contribution in [1.29, 1.82) is 0 Å². The molecule has 0 heterocycles. The summed E-state index contributed by atoms with van der Waals surface area (Å²) < 4.78 is 10.4. The lowest BCUT2D eigenvalue weighted by Crippen LogP contribution is -2.52. The van der Waals surface area contributed by atoms with Gasteiger partial charge < -0.3 is 24.7 Å². The van der Waals surface area contributed by atoms with E-state index in [1.165, 1.54) is 7.11 Å². The van der Waals surface area contributed by atoms with E-state index in [1.807, 2.05) is 0 Å². The fraction of sp³-hybridized carbons (Fsp3) is 0.556. The molecule has 2 atom stereocenters. The van der Waals surface area contributed by atoms with Gasteiger partial charge in [0.2, 0.25) is 5.91 Å². The van der Waals surface area contributed by atoms with Crippen LogP contribution in [0.15, 0.2) is 18.2 Å². The van der Waals surface area contributed by atoms with Gasteiger partial charge in [-0.1, -0.05) is 0 Å². The van der Waals surface area contributed by atoms with E-state index in [2.05, 4.69) is 5.32 Å². The highest BCUT2D eigenvalue weighted by molar-refractivity contribution is 5.95. The number of benzene rings is 1. The lowest BCUT2D eigenvalue weighted by molar-refractivity contribution is -0.318. The zero-order valence-electron chi connectivity index (χ0n) is 13.9. The maximum Gasteiger partial charge on any atom is 0.228 e. The maximum absolute atomic E-state index is 12.8. The number of nitrogens with one attached hydrogen (secondary N) is 1. The van der Waals surface area contributed by atoms with Crippen molar-refractivity contribution in [3.8, 4) is 11.5 Å². The van der Waals surface area contributed by atoms with Gasteiger partial charge in [-0.3, -0.25) is 4.79 Å². The SMILES string of the molecule is COc1ccc(NC(=O)[C@H]2C3CCC(CC3)[C@H]2C(=O)[O-])cc1OC. The molecule has 3 aliphatic carbocycles. The van der Waals surface area contributed by atoms with Crippen LogP contribution in [0.2, 0.25) is 0 Å². The highest BCUT2D eigenvalue weighted by Gasteiger charge is 2.47. The van der Waals surface area contributed by atoms with Crippen molar-refractivity contribution in [2.24, 2.45) is 23.7 Å². The average Bonchev–Trinajstić information content (AvgIpc) is 2.61. The predicted octanol–water partition coefficient (Wildman–Crippen LogP) is 1.44. The second kappa shape index (κ2) is 6.71. The van der Waals surface area contributed by atoms with E-state index in [-0.39, 0.29) is 17.7 Å². The minimum absolute atomic E-state index is 0.0566. The van der Waals surface area contributed by atoms with Gasteiger partial charge >= 0.3 is 0 Å². The topological polar surface area (TPSA) is 87.7 Å². The molecule has 3 saturated carbocycles. The third-order valence-electron chi connectivity index (χ3n) is 5.45. The Balaban J connectivity index is 1.80. The molecule has 0 spiro atoms. The molecule has 1 amide bonds. The molecule has 1 aromatic carbocycles. The molecule has 3 aliphatic rings. The zero-order valence-corrected chi connectivity index (χ0v) is 13.9. The molecule has 0 radical (unpaired) electrons. The van der Waals surface area contributed by atoms with Crippen molar-refractivity contribution < 1.29 is 24.2 Å². The number of anilines is 1. The number of rotatable bonds is 5. The Hall–Kier alpha value is -2.24. The molecule has 0 saturated heterocycles. The number of ether oxygens (including phenoxy) is 2. The molecule has 1 aromatic rings. The molecule has 6 heteroatoms. The molecule has 6 nitrogen and oxygen atoms in total. The lowest BCUT2D eigenvalue weighted by atomic mass is 9.58. The van der Waals surface area contributed by atoms with Crippen molar-refractivity contribution in [3.05, 3.63) is 18.2 Å². The summed E-state index contributed by atoms with van der Waals surface area (Å²) in [6, 6.07) is 5.10. The van der Waals surface area contributed by atoms with E-state index in [4.69, 9.17) is 9.47 Å². The summed E-state index contributed by atoms with van der Waals surface area (Å²) in [5.41, 5.74) is 0.566.